The molecule has 0 fully saturated rings. The molecule has 1 atom stereocenters. The summed E-state index contributed by atoms with van der Waals surface area (Å²) in [6.07, 6.45) is -6.99. The summed E-state index contributed by atoms with van der Waals surface area (Å²) in [5.74, 6) is 0. The van der Waals surface area contributed by atoms with Crippen LogP contribution in [0.5, 0.6) is 0 Å². The molecule has 0 aliphatic rings. The molecule has 0 amide bonds. The molecule has 16 heavy (non-hydrogen) atoms. The molecule has 0 aromatic heterocycles. The minimum Gasteiger partial charge on any atom is -0.383 e. The molecule has 1 aromatic rings. The molecule has 0 unspecified atom stereocenters. The Kier molecular flexibility index (Phi) is 3.69. The fraction of sp³-hybridized carbons (Fsp3) is 0.455. The smallest absolute Gasteiger partial charge is 0.383 e. The standard InChI is InChI=1S/C11H12BrF3O/c1-10(2,9(16)11(13,14)15)7-3-5-8(12)6-4-7/h3-6,9,16H,1-2H3/t9-/m1/s1. The summed E-state index contributed by atoms with van der Waals surface area (Å²) in [6.45, 7) is 2.74. The Morgan fingerprint density at radius 2 is 1.56 bits per heavy atom. The summed E-state index contributed by atoms with van der Waals surface area (Å²) in [7, 11) is 0. The van der Waals surface area contributed by atoms with E-state index in [0.29, 0.717) is 5.56 Å². The fourth-order valence-corrected chi connectivity index (χ4v) is 1.71. The molecule has 0 bridgehead atoms. The van der Waals surface area contributed by atoms with Crippen molar-refractivity contribution in [3.63, 3.8) is 0 Å². The summed E-state index contributed by atoms with van der Waals surface area (Å²) < 4.78 is 38.1. The van der Waals surface area contributed by atoms with E-state index in [0.717, 1.165) is 4.47 Å². The Balaban J connectivity index is 3.06. The van der Waals surface area contributed by atoms with Crippen LogP contribution in [0.25, 0.3) is 0 Å². The highest BCUT2D eigenvalue weighted by molar-refractivity contribution is 9.10. The Labute approximate surface area is 100 Å². The van der Waals surface area contributed by atoms with Crippen LogP contribution in [0.2, 0.25) is 0 Å². The molecule has 0 spiro atoms. The normalized spacial score (nSPS) is 14.9. The number of hydrogen-bond donors (Lipinski definition) is 1. The lowest BCUT2D eigenvalue weighted by Gasteiger charge is -2.32. The van der Waals surface area contributed by atoms with Gasteiger partial charge in [0.05, 0.1) is 0 Å². The van der Waals surface area contributed by atoms with Gasteiger partial charge in [-0.2, -0.15) is 13.2 Å². The fourth-order valence-electron chi connectivity index (χ4n) is 1.45. The molecular formula is C11H12BrF3O. The highest BCUT2D eigenvalue weighted by atomic mass is 79.9. The lowest BCUT2D eigenvalue weighted by atomic mass is 9.79. The van der Waals surface area contributed by atoms with Gasteiger partial charge in [-0.1, -0.05) is 41.9 Å². The van der Waals surface area contributed by atoms with Crippen LogP contribution in [0.1, 0.15) is 19.4 Å². The molecule has 0 heterocycles. The Hall–Kier alpha value is -0.550. The molecule has 0 saturated carbocycles. The van der Waals surface area contributed by atoms with Gasteiger partial charge in [-0.3, -0.25) is 0 Å². The highest BCUT2D eigenvalue weighted by Crippen LogP contribution is 2.36. The first-order chi connectivity index (χ1) is 7.15. The first kappa shape index (κ1) is 13.5. The summed E-state index contributed by atoms with van der Waals surface area (Å²) in [4.78, 5) is 0. The minimum absolute atomic E-state index is 0.445. The van der Waals surface area contributed by atoms with Crippen LogP contribution < -0.4 is 0 Å². The second-order valence-electron chi connectivity index (χ2n) is 4.17. The van der Waals surface area contributed by atoms with Crippen LogP contribution in [0.4, 0.5) is 13.2 Å². The lowest BCUT2D eigenvalue weighted by Crippen LogP contribution is -2.44. The van der Waals surface area contributed by atoms with E-state index in [1.54, 1.807) is 24.3 Å². The molecule has 90 valence electrons. The third kappa shape index (κ3) is 2.77. The maximum absolute atomic E-state index is 12.5. The van der Waals surface area contributed by atoms with Crippen molar-refractivity contribution in [2.24, 2.45) is 0 Å². The van der Waals surface area contributed by atoms with Crippen LogP contribution >= 0.6 is 15.9 Å². The largest absolute Gasteiger partial charge is 0.415 e. The van der Waals surface area contributed by atoms with Crippen molar-refractivity contribution in [2.75, 3.05) is 0 Å². The molecule has 0 saturated heterocycles. The Morgan fingerprint density at radius 3 is 1.94 bits per heavy atom. The van der Waals surface area contributed by atoms with Crippen molar-refractivity contribution in [1.82, 2.24) is 0 Å². The van der Waals surface area contributed by atoms with Gasteiger partial charge in [0.25, 0.3) is 0 Å². The minimum atomic E-state index is -4.61. The second-order valence-corrected chi connectivity index (χ2v) is 5.09. The van der Waals surface area contributed by atoms with E-state index in [1.807, 2.05) is 0 Å². The zero-order valence-corrected chi connectivity index (χ0v) is 10.4. The van der Waals surface area contributed by atoms with E-state index in [4.69, 9.17) is 0 Å². The summed E-state index contributed by atoms with van der Waals surface area (Å²) in [5, 5.41) is 9.30. The van der Waals surface area contributed by atoms with Crippen LogP contribution in [-0.2, 0) is 5.41 Å². The van der Waals surface area contributed by atoms with Crippen LogP contribution in [-0.4, -0.2) is 17.4 Å². The molecule has 1 rings (SSSR count). The summed E-state index contributed by atoms with van der Waals surface area (Å²) >= 11 is 3.20. The Bertz CT molecular complexity index is 356. The van der Waals surface area contributed by atoms with Crippen molar-refractivity contribution in [3.8, 4) is 0 Å². The van der Waals surface area contributed by atoms with Crippen molar-refractivity contribution in [1.29, 1.82) is 0 Å². The molecule has 0 aliphatic heterocycles. The zero-order valence-electron chi connectivity index (χ0n) is 8.85. The van der Waals surface area contributed by atoms with Crippen LogP contribution in [0.15, 0.2) is 28.7 Å². The van der Waals surface area contributed by atoms with E-state index in [1.165, 1.54) is 13.8 Å². The number of halogens is 4. The summed E-state index contributed by atoms with van der Waals surface area (Å²) in [5.41, 5.74) is -0.917. The van der Waals surface area contributed by atoms with E-state index < -0.39 is 17.7 Å². The average Bonchev–Trinajstić information content (AvgIpc) is 2.16. The first-order valence-electron chi connectivity index (χ1n) is 4.66. The van der Waals surface area contributed by atoms with Gasteiger partial charge in [0, 0.05) is 9.89 Å². The first-order valence-corrected chi connectivity index (χ1v) is 5.46. The molecule has 5 heteroatoms. The lowest BCUT2D eigenvalue weighted by molar-refractivity contribution is -0.221. The Morgan fingerprint density at radius 1 is 1.12 bits per heavy atom. The maximum atomic E-state index is 12.5. The zero-order chi connectivity index (χ0) is 12.6. The second kappa shape index (κ2) is 4.37. The molecule has 1 N–H and O–H groups in total. The van der Waals surface area contributed by atoms with Gasteiger partial charge < -0.3 is 5.11 Å². The van der Waals surface area contributed by atoms with Gasteiger partial charge in [-0.15, -0.1) is 0 Å². The van der Waals surface area contributed by atoms with Gasteiger partial charge in [-0.25, -0.2) is 0 Å². The van der Waals surface area contributed by atoms with Gasteiger partial charge in [-0.05, 0) is 17.7 Å². The van der Waals surface area contributed by atoms with Crippen LogP contribution in [0.3, 0.4) is 0 Å². The molecule has 0 aliphatic carbocycles. The molecule has 1 aromatic carbocycles. The third-order valence-corrected chi connectivity index (χ3v) is 3.11. The topological polar surface area (TPSA) is 20.2 Å². The van der Waals surface area contributed by atoms with Gasteiger partial charge in [0.15, 0.2) is 6.10 Å². The predicted octanol–water partition coefficient (Wildman–Crippen LogP) is 3.65. The highest BCUT2D eigenvalue weighted by Gasteiger charge is 2.48. The molecular weight excluding hydrogens is 285 g/mol. The van der Waals surface area contributed by atoms with Crippen LogP contribution in [0, 0.1) is 0 Å². The molecule has 0 radical (unpaired) electrons. The quantitative estimate of drug-likeness (QED) is 0.883. The third-order valence-electron chi connectivity index (χ3n) is 2.58. The van der Waals surface area contributed by atoms with E-state index in [9.17, 15) is 18.3 Å². The maximum Gasteiger partial charge on any atom is 0.415 e. The SMILES string of the molecule is CC(C)(c1ccc(Br)cc1)[C@@H](O)C(F)(F)F. The van der Waals surface area contributed by atoms with Gasteiger partial charge in [0.2, 0.25) is 0 Å². The van der Waals surface area contributed by atoms with E-state index in [-0.39, 0.29) is 0 Å². The number of aliphatic hydroxyl groups excluding tert-OH is 1. The predicted molar refractivity (Wildman–Crippen MR) is 59.2 cm³/mol. The summed E-state index contributed by atoms with van der Waals surface area (Å²) in [6, 6.07) is 6.44. The van der Waals surface area contributed by atoms with Gasteiger partial charge >= 0.3 is 6.18 Å². The van der Waals surface area contributed by atoms with Crippen molar-refractivity contribution in [3.05, 3.63) is 34.3 Å². The number of rotatable bonds is 2. The van der Waals surface area contributed by atoms with Gasteiger partial charge in [0.1, 0.15) is 0 Å². The van der Waals surface area contributed by atoms with E-state index >= 15 is 0 Å². The number of alkyl halides is 3. The van der Waals surface area contributed by atoms with E-state index in [2.05, 4.69) is 15.9 Å². The number of hydrogen-bond acceptors (Lipinski definition) is 1. The molecule has 1 nitrogen and oxygen atoms in total. The average molecular weight is 297 g/mol. The number of aliphatic hydroxyl groups is 1. The monoisotopic (exact) mass is 296 g/mol. The van der Waals surface area contributed by atoms with Crippen molar-refractivity contribution in [2.45, 2.75) is 31.5 Å². The van der Waals surface area contributed by atoms with Crippen molar-refractivity contribution >= 4 is 15.9 Å². The van der Waals surface area contributed by atoms with Crippen molar-refractivity contribution < 1.29 is 18.3 Å². The number of benzene rings is 1.